The molecule has 2 aromatic heterocycles. The first-order valence-corrected chi connectivity index (χ1v) is 10.3. The Morgan fingerprint density at radius 1 is 1.21 bits per heavy atom. The Kier molecular flexibility index (Phi) is 6.49. The minimum absolute atomic E-state index is 0.0765. The lowest BCUT2D eigenvalue weighted by molar-refractivity contribution is -0.113. The number of carbonyl (C=O) groups excluding carboxylic acids is 2. The van der Waals surface area contributed by atoms with Gasteiger partial charge in [0.25, 0.3) is 0 Å². The summed E-state index contributed by atoms with van der Waals surface area (Å²) in [6.45, 7) is 3.71. The van der Waals surface area contributed by atoms with Crippen molar-refractivity contribution in [1.82, 2.24) is 20.2 Å². The van der Waals surface area contributed by atoms with E-state index in [9.17, 15) is 9.59 Å². The second-order valence-corrected chi connectivity index (χ2v) is 8.05. The molecule has 1 amide bonds. The molecular formula is C18H19N5O4S2. The standard InChI is InChI=1S/C18H19N5O4S2/c1-10-11(2)29-16(15(10)17(25)27-4)19-14(24)9-28-18-20-21-22-23(18)12-5-7-13(26-3)8-6-12/h5-8H,9H2,1-4H3,(H,19,24). The fourth-order valence-electron chi connectivity index (χ4n) is 2.51. The van der Waals surface area contributed by atoms with E-state index >= 15 is 0 Å². The number of tetrazole rings is 1. The van der Waals surface area contributed by atoms with E-state index in [0.29, 0.717) is 15.7 Å². The van der Waals surface area contributed by atoms with Crippen molar-refractivity contribution in [3.8, 4) is 11.4 Å². The number of methoxy groups -OCH3 is 2. The molecule has 3 rings (SSSR count). The Bertz CT molecular complexity index is 1030. The van der Waals surface area contributed by atoms with Crippen LogP contribution >= 0.6 is 23.1 Å². The van der Waals surface area contributed by atoms with Gasteiger partial charge in [0.1, 0.15) is 10.8 Å². The first-order valence-electron chi connectivity index (χ1n) is 8.48. The van der Waals surface area contributed by atoms with Gasteiger partial charge in [0.05, 0.1) is 31.2 Å². The topological polar surface area (TPSA) is 108 Å². The summed E-state index contributed by atoms with van der Waals surface area (Å²) < 4.78 is 11.5. The highest BCUT2D eigenvalue weighted by atomic mass is 32.2. The fraction of sp³-hybridized carbons (Fsp3) is 0.278. The highest BCUT2D eigenvalue weighted by molar-refractivity contribution is 7.99. The Hall–Kier alpha value is -2.92. The predicted octanol–water partition coefficient (Wildman–Crippen LogP) is 2.87. The maximum absolute atomic E-state index is 12.5. The van der Waals surface area contributed by atoms with Crippen LogP contribution in [-0.2, 0) is 9.53 Å². The summed E-state index contributed by atoms with van der Waals surface area (Å²) in [4.78, 5) is 25.4. The minimum atomic E-state index is -0.474. The van der Waals surface area contributed by atoms with Gasteiger partial charge in [-0.15, -0.1) is 16.4 Å². The molecule has 29 heavy (non-hydrogen) atoms. The van der Waals surface area contributed by atoms with Crippen LogP contribution in [0.5, 0.6) is 5.75 Å². The van der Waals surface area contributed by atoms with Crippen molar-refractivity contribution in [1.29, 1.82) is 0 Å². The molecule has 0 aliphatic rings. The number of nitrogens with one attached hydrogen (secondary N) is 1. The molecule has 0 fully saturated rings. The molecule has 0 aliphatic heterocycles. The van der Waals surface area contributed by atoms with Crippen molar-refractivity contribution in [2.75, 3.05) is 25.3 Å². The van der Waals surface area contributed by atoms with E-state index in [-0.39, 0.29) is 11.7 Å². The number of amides is 1. The molecule has 0 bridgehead atoms. The van der Waals surface area contributed by atoms with Crippen LogP contribution in [0.2, 0.25) is 0 Å². The summed E-state index contributed by atoms with van der Waals surface area (Å²) in [7, 11) is 2.91. The number of benzene rings is 1. The smallest absolute Gasteiger partial charge is 0.341 e. The molecule has 1 aromatic carbocycles. The fourth-order valence-corrected chi connectivity index (χ4v) is 4.27. The molecule has 2 heterocycles. The SMILES string of the molecule is COC(=O)c1c(NC(=O)CSc2nnnn2-c2ccc(OC)cc2)sc(C)c1C. The summed E-state index contributed by atoms with van der Waals surface area (Å²) in [5.41, 5.74) is 1.93. The van der Waals surface area contributed by atoms with Gasteiger partial charge < -0.3 is 14.8 Å². The number of thioether (sulfide) groups is 1. The quantitative estimate of drug-likeness (QED) is 0.448. The molecule has 3 aromatic rings. The maximum Gasteiger partial charge on any atom is 0.341 e. The van der Waals surface area contributed by atoms with E-state index in [0.717, 1.165) is 21.9 Å². The third-order valence-corrected chi connectivity index (χ3v) is 6.16. The van der Waals surface area contributed by atoms with Crippen LogP contribution in [0.4, 0.5) is 5.00 Å². The summed E-state index contributed by atoms with van der Waals surface area (Å²) in [6.07, 6.45) is 0. The zero-order valence-corrected chi connectivity index (χ0v) is 17.9. The first kappa shape index (κ1) is 20.8. The van der Waals surface area contributed by atoms with Gasteiger partial charge in [-0.05, 0) is 54.1 Å². The number of nitrogens with zero attached hydrogens (tertiary/aromatic N) is 4. The van der Waals surface area contributed by atoms with Crippen molar-refractivity contribution >= 4 is 40.0 Å². The lowest BCUT2D eigenvalue weighted by Gasteiger charge is -2.07. The van der Waals surface area contributed by atoms with Crippen LogP contribution < -0.4 is 10.1 Å². The number of esters is 1. The monoisotopic (exact) mass is 433 g/mol. The highest BCUT2D eigenvalue weighted by Gasteiger charge is 2.22. The number of hydrogen-bond donors (Lipinski definition) is 1. The molecule has 0 spiro atoms. The van der Waals surface area contributed by atoms with Crippen LogP contribution in [0, 0.1) is 13.8 Å². The van der Waals surface area contributed by atoms with Gasteiger partial charge in [-0.2, -0.15) is 4.68 Å². The number of ether oxygens (including phenoxy) is 2. The molecule has 1 N–H and O–H groups in total. The van der Waals surface area contributed by atoms with Crippen LogP contribution in [-0.4, -0.2) is 52.1 Å². The van der Waals surface area contributed by atoms with Crippen molar-refractivity contribution < 1.29 is 19.1 Å². The number of thiophene rings is 1. The number of carbonyl (C=O) groups is 2. The zero-order valence-electron chi connectivity index (χ0n) is 16.3. The lowest BCUT2D eigenvalue weighted by atomic mass is 10.1. The van der Waals surface area contributed by atoms with Gasteiger partial charge in [-0.3, -0.25) is 4.79 Å². The second kappa shape index (κ2) is 9.05. The third-order valence-electron chi connectivity index (χ3n) is 4.12. The van der Waals surface area contributed by atoms with Crippen LogP contribution in [0.25, 0.3) is 5.69 Å². The lowest BCUT2D eigenvalue weighted by Crippen LogP contribution is -2.16. The molecule has 0 radical (unpaired) electrons. The van der Waals surface area contributed by atoms with E-state index in [1.165, 1.54) is 34.9 Å². The Balaban J connectivity index is 1.69. The van der Waals surface area contributed by atoms with Crippen molar-refractivity contribution in [2.45, 2.75) is 19.0 Å². The summed E-state index contributed by atoms with van der Waals surface area (Å²) in [6, 6.07) is 7.24. The highest BCUT2D eigenvalue weighted by Crippen LogP contribution is 2.33. The average molecular weight is 434 g/mol. The third kappa shape index (κ3) is 4.57. The van der Waals surface area contributed by atoms with Gasteiger partial charge in [-0.25, -0.2) is 4.79 Å². The van der Waals surface area contributed by atoms with Crippen LogP contribution in [0.1, 0.15) is 20.8 Å². The maximum atomic E-state index is 12.5. The van der Waals surface area contributed by atoms with E-state index in [2.05, 4.69) is 20.8 Å². The number of anilines is 1. The first-order chi connectivity index (χ1) is 13.9. The van der Waals surface area contributed by atoms with E-state index in [4.69, 9.17) is 9.47 Å². The normalized spacial score (nSPS) is 10.6. The molecule has 0 aliphatic carbocycles. The number of hydrogen-bond acceptors (Lipinski definition) is 9. The van der Waals surface area contributed by atoms with Gasteiger partial charge >= 0.3 is 5.97 Å². The molecule has 9 nitrogen and oxygen atoms in total. The van der Waals surface area contributed by atoms with E-state index in [1.54, 1.807) is 19.2 Å². The van der Waals surface area contributed by atoms with Gasteiger partial charge in [0.2, 0.25) is 11.1 Å². The Morgan fingerprint density at radius 3 is 2.59 bits per heavy atom. The molecule has 0 unspecified atom stereocenters. The Morgan fingerprint density at radius 2 is 1.93 bits per heavy atom. The zero-order chi connectivity index (χ0) is 21.0. The summed E-state index contributed by atoms with van der Waals surface area (Å²) in [5.74, 6) is 0.0509. The van der Waals surface area contributed by atoms with Crippen molar-refractivity contribution in [3.05, 3.63) is 40.3 Å². The molecule has 152 valence electrons. The predicted molar refractivity (Wildman–Crippen MR) is 110 cm³/mol. The average Bonchev–Trinajstić information content (AvgIpc) is 3.30. The minimum Gasteiger partial charge on any atom is -0.497 e. The molecule has 0 saturated heterocycles. The molecule has 0 atom stereocenters. The number of aromatic nitrogens is 4. The second-order valence-electron chi connectivity index (χ2n) is 5.89. The molecular weight excluding hydrogens is 414 g/mol. The summed E-state index contributed by atoms with van der Waals surface area (Å²) >= 11 is 2.53. The van der Waals surface area contributed by atoms with Crippen molar-refractivity contribution in [2.24, 2.45) is 0 Å². The van der Waals surface area contributed by atoms with E-state index in [1.807, 2.05) is 26.0 Å². The number of rotatable bonds is 7. The van der Waals surface area contributed by atoms with E-state index < -0.39 is 5.97 Å². The molecule has 0 saturated carbocycles. The largest absolute Gasteiger partial charge is 0.497 e. The van der Waals surface area contributed by atoms with Crippen molar-refractivity contribution in [3.63, 3.8) is 0 Å². The summed E-state index contributed by atoms with van der Waals surface area (Å²) in [5, 5.41) is 15.4. The van der Waals surface area contributed by atoms with Crippen LogP contribution in [0.3, 0.4) is 0 Å². The van der Waals surface area contributed by atoms with Gasteiger partial charge in [0.15, 0.2) is 0 Å². The van der Waals surface area contributed by atoms with Crippen LogP contribution in [0.15, 0.2) is 29.4 Å². The van der Waals surface area contributed by atoms with Gasteiger partial charge in [0, 0.05) is 4.88 Å². The Labute approximate surface area is 175 Å². The number of aryl methyl sites for hydroxylation is 1. The van der Waals surface area contributed by atoms with Gasteiger partial charge in [-0.1, -0.05) is 11.8 Å². The molecule has 11 heteroatoms.